The van der Waals surface area contributed by atoms with Crippen molar-refractivity contribution in [1.82, 2.24) is 0 Å². The van der Waals surface area contributed by atoms with E-state index >= 15 is 0 Å². The van der Waals surface area contributed by atoms with Gasteiger partial charge in [0.2, 0.25) is 0 Å². The molecule has 0 atom stereocenters. The van der Waals surface area contributed by atoms with Gasteiger partial charge in [0.15, 0.2) is 5.11 Å². The highest BCUT2D eigenvalue weighted by molar-refractivity contribution is 7.80. The number of ether oxygens (including phenoxy) is 3. The van der Waals surface area contributed by atoms with Gasteiger partial charge in [-0.3, -0.25) is 0 Å². The van der Waals surface area contributed by atoms with E-state index in [2.05, 4.69) is 10.6 Å². The molecule has 2 N–H and O–H groups in total. The molecule has 0 aliphatic rings. The Balaban J connectivity index is 2.15. The first-order chi connectivity index (χ1) is 11.0. The molecule has 0 heterocycles. The maximum atomic E-state index is 6.00. The minimum absolute atomic E-state index is 0.390. The van der Waals surface area contributed by atoms with E-state index < -0.39 is 0 Å². The predicted octanol–water partition coefficient (Wildman–Crippen LogP) is 4.17. The molecular weight excluding hydrogens is 336 g/mol. The third kappa shape index (κ3) is 4.64. The second-order valence-corrected chi connectivity index (χ2v) is 5.37. The Bertz CT molecular complexity index is 687. The number of thiocarbonyl (C=S) groups is 1. The molecule has 0 saturated carbocycles. The first-order valence-electron chi connectivity index (χ1n) is 6.70. The molecule has 0 radical (unpaired) electrons. The van der Waals surface area contributed by atoms with Gasteiger partial charge in [-0.15, -0.1) is 0 Å². The molecule has 0 saturated heterocycles. The minimum atomic E-state index is 0.390. The van der Waals surface area contributed by atoms with E-state index in [9.17, 15) is 0 Å². The summed E-state index contributed by atoms with van der Waals surface area (Å²) in [5, 5.41) is 7.10. The summed E-state index contributed by atoms with van der Waals surface area (Å²) >= 11 is 11.3. The zero-order chi connectivity index (χ0) is 16.8. The Morgan fingerprint density at radius 3 is 2.13 bits per heavy atom. The average molecular weight is 353 g/mol. The Morgan fingerprint density at radius 1 is 0.913 bits per heavy atom. The van der Waals surface area contributed by atoms with Crippen LogP contribution in [0.25, 0.3) is 0 Å². The van der Waals surface area contributed by atoms with Crippen molar-refractivity contribution in [2.75, 3.05) is 32.0 Å². The largest absolute Gasteiger partial charge is 0.497 e. The Hall–Kier alpha value is -2.18. The van der Waals surface area contributed by atoms with Crippen molar-refractivity contribution in [3.8, 4) is 17.2 Å². The SMILES string of the molecule is COc1cc(NC(=S)Nc2cc(Cl)ccc2OC)cc(OC)c1. The van der Waals surface area contributed by atoms with Crippen molar-refractivity contribution < 1.29 is 14.2 Å². The number of rotatable bonds is 5. The lowest BCUT2D eigenvalue weighted by Crippen LogP contribution is -2.19. The monoisotopic (exact) mass is 352 g/mol. The lowest BCUT2D eigenvalue weighted by molar-refractivity contribution is 0.395. The fraction of sp³-hybridized carbons (Fsp3) is 0.188. The van der Waals surface area contributed by atoms with E-state index in [0.717, 1.165) is 5.69 Å². The maximum Gasteiger partial charge on any atom is 0.175 e. The first-order valence-corrected chi connectivity index (χ1v) is 7.49. The van der Waals surface area contributed by atoms with Gasteiger partial charge in [0.05, 0.1) is 27.0 Å². The van der Waals surface area contributed by atoms with Gasteiger partial charge in [-0.25, -0.2) is 0 Å². The summed E-state index contributed by atoms with van der Waals surface area (Å²) < 4.78 is 15.7. The molecular formula is C16H17ClN2O3S. The number of benzene rings is 2. The van der Waals surface area contributed by atoms with Crippen LogP contribution in [0, 0.1) is 0 Å². The van der Waals surface area contributed by atoms with E-state index in [1.54, 1.807) is 45.6 Å². The number of anilines is 2. The van der Waals surface area contributed by atoms with Crippen LogP contribution in [-0.4, -0.2) is 26.4 Å². The van der Waals surface area contributed by atoms with Gasteiger partial charge >= 0.3 is 0 Å². The summed E-state index contributed by atoms with van der Waals surface area (Å²) in [4.78, 5) is 0. The molecule has 0 amide bonds. The second-order valence-electron chi connectivity index (χ2n) is 4.53. The third-order valence-electron chi connectivity index (χ3n) is 3.02. The maximum absolute atomic E-state index is 6.00. The molecule has 0 unspecified atom stereocenters. The highest BCUT2D eigenvalue weighted by Gasteiger charge is 2.08. The molecule has 2 rings (SSSR count). The third-order valence-corrected chi connectivity index (χ3v) is 3.46. The Kier molecular flexibility index (Phi) is 5.90. The predicted molar refractivity (Wildman–Crippen MR) is 97.4 cm³/mol. The number of halogens is 1. The van der Waals surface area contributed by atoms with Crippen LogP contribution in [0.15, 0.2) is 36.4 Å². The molecule has 0 spiro atoms. The van der Waals surface area contributed by atoms with Crippen molar-refractivity contribution in [3.05, 3.63) is 41.4 Å². The number of hydrogen-bond acceptors (Lipinski definition) is 4. The molecule has 5 nitrogen and oxygen atoms in total. The van der Waals surface area contributed by atoms with E-state index in [-0.39, 0.29) is 0 Å². The summed E-state index contributed by atoms with van der Waals surface area (Å²) in [6.07, 6.45) is 0. The highest BCUT2D eigenvalue weighted by Crippen LogP contribution is 2.29. The molecule has 0 aromatic heterocycles. The summed E-state index contributed by atoms with van der Waals surface area (Å²) in [6, 6.07) is 10.6. The molecule has 23 heavy (non-hydrogen) atoms. The number of hydrogen-bond donors (Lipinski definition) is 2. The number of nitrogens with one attached hydrogen (secondary N) is 2. The molecule has 0 fully saturated rings. The lowest BCUT2D eigenvalue weighted by Gasteiger charge is -2.15. The van der Waals surface area contributed by atoms with Crippen LogP contribution in [0.5, 0.6) is 17.2 Å². The average Bonchev–Trinajstić information content (AvgIpc) is 2.54. The molecule has 0 aliphatic carbocycles. The Morgan fingerprint density at radius 2 is 1.57 bits per heavy atom. The van der Waals surface area contributed by atoms with Gasteiger partial charge in [-0.2, -0.15) is 0 Å². The van der Waals surface area contributed by atoms with Gasteiger partial charge < -0.3 is 24.8 Å². The van der Waals surface area contributed by atoms with E-state index in [1.165, 1.54) is 0 Å². The van der Waals surface area contributed by atoms with Crippen molar-refractivity contribution in [1.29, 1.82) is 0 Å². The smallest absolute Gasteiger partial charge is 0.175 e. The molecule has 2 aromatic carbocycles. The zero-order valence-corrected chi connectivity index (χ0v) is 14.5. The van der Waals surface area contributed by atoms with Crippen LogP contribution >= 0.6 is 23.8 Å². The van der Waals surface area contributed by atoms with Gasteiger partial charge in [-0.1, -0.05) is 11.6 Å². The minimum Gasteiger partial charge on any atom is -0.497 e. The molecule has 2 aromatic rings. The lowest BCUT2D eigenvalue weighted by atomic mass is 10.2. The standard InChI is InChI=1S/C16H17ClN2O3S/c1-20-12-7-11(8-13(9-12)21-2)18-16(23)19-14-6-10(17)4-5-15(14)22-3/h4-9H,1-3H3,(H2,18,19,23). The zero-order valence-electron chi connectivity index (χ0n) is 13.0. The molecule has 7 heteroatoms. The van der Waals surface area contributed by atoms with Crippen molar-refractivity contribution in [2.45, 2.75) is 0 Å². The molecule has 0 bridgehead atoms. The summed E-state index contributed by atoms with van der Waals surface area (Å²) in [5.41, 5.74) is 1.41. The Labute approximate surface area is 145 Å². The summed E-state index contributed by atoms with van der Waals surface area (Å²) in [6.45, 7) is 0. The van der Waals surface area contributed by atoms with E-state index in [1.807, 2.05) is 12.1 Å². The second kappa shape index (κ2) is 7.89. The quantitative estimate of drug-likeness (QED) is 0.787. The van der Waals surface area contributed by atoms with Gasteiger partial charge in [0, 0.05) is 28.9 Å². The van der Waals surface area contributed by atoms with Gasteiger partial charge in [-0.05, 0) is 30.4 Å². The molecule has 0 aliphatic heterocycles. The van der Waals surface area contributed by atoms with E-state index in [0.29, 0.717) is 33.1 Å². The first kappa shape index (κ1) is 17.2. The summed E-state index contributed by atoms with van der Waals surface area (Å²) in [7, 11) is 4.76. The van der Waals surface area contributed by atoms with Crippen LogP contribution < -0.4 is 24.8 Å². The van der Waals surface area contributed by atoms with Crippen molar-refractivity contribution >= 4 is 40.3 Å². The topological polar surface area (TPSA) is 51.8 Å². The highest BCUT2D eigenvalue weighted by atomic mass is 35.5. The van der Waals surface area contributed by atoms with Crippen molar-refractivity contribution in [3.63, 3.8) is 0 Å². The van der Waals surface area contributed by atoms with Gasteiger partial charge in [0.25, 0.3) is 0 Å². The summed E-state index contributed by atoms with van der Waals surface area (Å²) in [5.74, 6) is 1.96. The normalized spacial score (nSPS) is 9.91. The number of methoxy groups -OCH3 is 3. The van der Waals surface area contributed by atoms with Crippen LogP contribution in [0.4, 0.5) is 11.4 Å². The van der Waals surface area contributed by atoms with Crippen LogP contribution in [0.1, 0.15) is 0 Å². The van der Waals surface area contributed by atoms with Crippen LogP contribution in [0.2, 0.25) is 5.02 Å². The van der Waals surface area contributed by atoms with Crippen LogP contribution in [0.3, 0.4) is 0 Å². The van der Waals surface area contributed by atoms with Crippen molar-refractivity contribution in [2.24, 2.45) is 0 Å². The fourth-order valence-electron chi connectivity index (χ4n) is 1.94. The molecule has 122 valence electrons. The fourth-order valence-corrected chi connectivity index (χ4v) is 2.34. The van der Waals surface area contributed by atoms with Gasteiger partial charge in [0.1, 0.15) is 17.2 Å². The van der Waals surface area contributed by atoms with Crippen LogP contribution in [-0.2, 0) is 0 Å². The van der Waals surface area contributed by atoms with E-state index in [4.69, 9.17) is 38.0 Å².